The van der Waals surface area contributed by atoms with Gasteiger partial charge in [0.05, 0.1) is 23.9 Å². The average Bonchev–Trinajstić information content (AvgIpc) is 3.71. The van der Waals surface area contributed by atoms with Crippen molar-refractivity contribution in [2.75, 3.05) is 26.4 Å². The predicted octanol–water partition coefficient (Wildman–Crippen LogP) is 5.72. The fourth-order valence-electron chi connectivity index (χ4n) is 6.70. The quantitative estimate of drug-likeness (QED) is 0.162. The largest absolute Gasteiger partial charge is 0.337 e. The van der Waals surface area contributed by atoms with Gasteiger partial charge in [-0.1, -0.05) is 37.3 Å². The van der Waals surface area contributed by atoms with E-state index in [0.717, 1.165) is 50.3 Å². The van der Waals surface area contributed by atoms with Crippen molar-refractivity contribution in [3.05, 3.63) is 122 Å². The Labute approximate surface area is 297 Å². The number of hydrogen-bond acceptors (Lipinski definition) is 7. The van der Waals surface area contributed by atoms with Crippen molar-refractivity contribution >= 4 is 37.4 Å². The minimum Gasteiger partial charge on any atom is -0.300 e. The summed E-state index contributed by atoms with van der Waals surface area (Å²) < 4.78 is 72.6. The van der Waals surface area contributed by atoms with Crippen molar-refractivity contribution in [3.63, 3.8) is 0 Å². The SMILES string of the molecule is CCC(=O)Cc1ccc(-c2sc3c(c2CN(C)C[C@@H]2CCCN2S(C)(=O)=O)c(=O)n(-c2ccc(F)cc2)c(=O)n3Cc2c(F)cccc2F)cc1. The number of nitrogens with zero attached hydrogens (tertiary/aromatic N) is 4. The van der Waals surface area contributed by atoms with E-state index in [0.29, 0.717) is 48.4 Å². The molecule has 1 aliphatic rings. The maximum Gasteiger partial charge on any atom is 0.337 e. The van der Waals surface area contributed by atoms with Gasteiger partial charge in [0.1, 0.15) is 28.1 Å². The fraction of sp³-hybridized carbons (Fsp3) is 0.324. The van der Waals surface area contributed by atoms with Crippen molar-refractivity contribution in [3.8, 4) is 16.1 Å². The Hall–Kier alpha value is -4.37. The monoisotopic (exact) mass is 738 g/mol. The lowest BCUT2D eigenvalue weighted by Gasteiger charge is -2.27. The van der Waals surface area contributed by atoms with Crippen molar-refractivity contribution in [1.82, 2.24) is 18.3 Å². The van der Waals surface area contributed by atoms with Crippen LogP contribution in [0.3, 0.4) is 0 Å². The number of carbonyl (C=O) groups excluding carboxylic acids is 1. The molecule has 0 aliphatic carbocycles. The smallest absolute Gasteiger partial charge is 0.300 e. The van der Waals surface area contributed by atoms with Gasteiger partial charge in [-0.05, 0) is 73.0 Å². The van der Waals surface area contributed by atoms with Crippen LogP contribution in [0, 0.1) is 17.5 Å². The third-order valence-corrected chi connectivity index (χ3v) is 11.9. The molecular formula is C37H37F3N4O5S2. The van der Waals surface area contributed by atoms with Crippen LogP contribution >= 0.6 is 11.3 Å². The standard InChI is InChI=1S/C37H37F3N4O5S2/c1-4-28(45)19-23-10-12-24(13-11-23)34-30(21-41(2)20-27-7-6-18-43(27)51(3,48)49)33-35(46)44(26-16-14-25(38)15-17-26)37(47)42(36(33)50-34)22-29-31(39)8-5-9-32(29)40/h5,8-17,27H,4,6-7,18-22H2,1-3H3/t27-/m0/s1. The first-order valence-corrected chi connectivity index (χ1v) is 19.2. The highest BCUT2D eigenvalue weighted by Crippen LogP contribution is 2.38. The maximum absolute atomic E-state index is 15.1. The minimum atomic E-state index is -3.45. The van der Waals surface area contributed by atoms with Crippen LogP contribution in [0.2, 0.25) is 0 Å². The molecular weight excluding hydrogens is 702 g/mol. The molecule has 0 saturated carbocycles. The van der Waals surface area contributed by atoms with E-state index in [9.17, 15) is 27.2 Å². The molecule has 268 valence electrons. The normalized spacial score (nSPS) is 15.3. The van der Waals surface area contributed by atoms with Gasteiger partial charge in [0.25, 0.3) is 5.56 Å². The molecule has 0 N–H and O–H groups in total. The highest BCUT2D eigenvalue weighted by atomic mass is 32.2. The number of aromatic nitrogens is 2. The van der Waals surface area contributed by atoms with E-state index in [1.165, 1.54) is 28.8 Å². The predicted molar refractivity (Wildman–Crippen MR) is 192 cm³/mol. The molecule has 9 nitrogen and oxygen atoms in total. The summed E-state index contributed by atoms with van der Waals surface area (Å²) in [6, 6.07) is 15.2. The summed E-state index contributed by atoms with van der Waals surface area (Å²) in [5.41, 5.74) is 0.170. The number of likely N-dealkylation sites (N-methyl/N-ethyl adjacent to an activating group) is 1. The number of thiophene rings is 1. The molecule has 0 amide bonds. The molecule has 6 rings (SSSR count). The average molecular weight is 739 g/mol. The van der Waals surface area contributed by atoms with E-state index in [-0.39, 0.29) is 46.3 Å². The Morgan fingerprint density at radius 1 is 0.961 bits per heavy atom. The summed E-state index contributed by atoms with van der Waals surface area (Å²) in [4.78, 5) is 43.6. The molecule has 1 atom stereocenters. The lowest BCUT2D eigenvalue weighted by atomic mass is 10.0. The van der Waals surface area contributed by atoms with E-state index in [1.807, 2.05) is 36.2 Å². The van der Waals surface area contributed by atoms with Gasteiger partial charge < -0.3 is 4.90 Å². The number of hydrogen-bond donors (Lipinski definition) is 0. The summed E-state index contributed by atoms with van der Waals surface area (Å²) in [5.74, 6) is -2.24. The number of halogens is 3. The van der Waals surface area contributed by atoms with Crippen molar-refractivity contribution in [2.45, 2.75) is 51.7 Å². The first kappa shape index (κ1) is 36.4. The Morgan fingerprint density at radius 3 is 2.25 bits per heavy atom. The second-order valence-corrected chi connectivity index (χ2v) is 15.8. The fourth-order valence-corrected chi connectivity index (χ4v) is 9.18. The topological polar surface area (TPSA) is 102 Å². The Kier molecular flexibility index (Phi) is 10.5. The van der Waals surface area contributed by atoms with Gasteiger partial charge >= 0.3 is 5.69 Å². The first-order valence-electron chi connectivity index (χ1n) is 16.5. The van der Waals surface area contributed by atoms with Crippen LogP contribution < -0.4 is 11.2 Å². The summed E-state index contributed by atoms with van der Waals surface area (Å²) in [6.45, 7) is 2.19. The van der Waals surface area contributed by atoms with E-state index >= 15 is 8.78 Å². The molecule has 2 aromatic heterocycles. The molecule has 5 aromatic rings. The first-order chi connectivity index (χ1) is 24.3. The van der Waals surface area contributed by atoms with Gasteiger partial charge in [0.2, 0.25) is 10.0 Å². The highest BCUT2D eigenvalue weighted by Gasteiger charge is 2.33. The molecule has 0 bridgehead atoms. The number of rotatable bonds is 12. The lowest BCUT2D eigenvalue weighted by molar-refractivity contribution is -0.118. The van der Waals surface area contributed by atoms with E-state index in [4.69, 9.17) is 0 Å². The van der Waals surface area contributed by atoms with E-state index in [1.54, 1.807) is 6.92 Å². The number of fused-ring (bicyclic) bond motifs is 1. The molecule has 3 heterocycles. The van der Waals surface area contributed by atoms with Gasteiger partial charge in [-0.2, -0.15) is 4.31 Å². The molecule has 1 aliphatic heterocycles. The number of Topliss-reactive ketones (excluding diaryl/α,β-unsaturated/α-hetero) is 1. The van der Waals surface area contributed by atoms with Crippen LogP contribution in [-0.4, -0.2) is 65.0 Å². The number of ketones is 1. The van der Waals surface area contributed by atoms with Gasteiger partial charge in [-0.25, -0.2) is 31.0 Å². The Balaban J connectivity index is 1.58. The third kappa shape index (κ3) is 7.50. The van der Waals surface area contributed by atoms with Crippen LogP contribution in [0.15, 0.2) is 76.3 Å². The van der Waals surface area contributed by atoms with Crippen molar-refractivity contribution < 1.29 is 26.4 Å². The van der Waals surface area contributed by atoms with Crippen molar-refractivity contribution in [2.24, 2.45) is 0 Å². The molecule has 51 heavy (non-hydrogen) atoms. The Morgan fingerprint density at radius 2 is 1.63 bits per heavy atom. The molecule has 0 spiro atoms. The highest BCUT2D eigenvalue weighted by molar-refractivity contribution is 7.88. The van der Waals surface area contributed by atoms with Crippen molar-refractivity contribution in [1.29, 1.82) is 0 Å². The summed E-state index contributed by atoms with van der Waals surface area (Å²) in [7, 11) is -1.63. The minimum absolute atomic E-state index is 0.0720. The zero-order valence-electron chi connectivity index (χ0n) is 28.4. The van der Waals surface area contributed by atoms with Gasteiger partial charge in [0.15, 0.2) is 0 Å². The summed E-state index contributed by atoms with van der Waals surface area (Å²) in [5, 5.41) is 0.138. The Bertz CT molecular complexity index is 2320. The second-order valence-electron chi connectivity index (χ2n) is 12.9. The number of benzene rings is 3. The van der Waals surface area contributed by atoms with Crippen LogP contribution in [0.4, 0.5) is 13.2 Å². The maximum atomic E-state index is 15.1. The van der Waals surface area contributed by atoms with Gasteiger partial charge in [0, 0.05) is 49.0 Å². The number of sulfonamides is 1. The molecule has 14 heteroatoms. The molecule has 0 unspecified atom stereocenters. The molecule has 3 aromatic carbocycles. The van der Waals surface area contributed by atoms with E-state index in [2.05, 4.69) is 0 Å². The van der Waals surface area contributed by atoms with E-state index < -0.39 is 45.3 Å². The van der Waals surface area contributed by atoms with Gasteiger partial charge in [-0.15, -0.1) is 11.3 Å². The van der Waals surface area contributed by atoms with Gasteiger partial charge in [-0.3, -0.25) is 14.2 Å². The molecule has 1 fully saturated rings. The zero-order chi connectivity index (χ0) is 36.6. The summed E-state index contributed by atoms with van der Waals surface area (Å²) in [6.07, 6.45) is 3.22. The second kappa shape index (κ2) is 14.7. The zero-order valence-corrected chi connectivity index (χ0v) is 30.0. The number of carbonyl (C=O) groups is 1. The molecule has 1 saturated heterocycles. The van der Waals surface area contributed by atoms with Crippen LogP contribution in [0.1, 0.15) is 42.9 Å². The van der Waals surface area contributed by atoms with Crippen LogP contribution in [0.5, 0.6) is 0 Å². The van der Waals surface area contributed by atoms with Crippen LogP contribution in [-0.2, 0) is 34.3 Å². The third-order valence-electron chi connectivity index (χ3n) is 9.25. The lowest BCUT2D eigenvalue weighted by Crippen LogP contribution is -2.42. The molecule has 0 radical (unpaired) electrons. The van der Waals surface area contributed by atoms with Crippen LogP contribution in [0.25, 0.3) is 26.3 Å². The summed E-state index contributed by atoms with van der Waals surface area (Å²) >= 11 is 1.13.